The van der Waals surface area contributed by atoms with Crippen LogP contribution >= 0.6 is 0 Å². The SMILES string of the molecule is CCC(O)c1ccn(CC(N)=O)c1. The zero-order valence-corrected chi connectivity index (χ0v) is 7.60. The molecule has 1 atom stereocenters. The quantitative estimate of drug-likeness (QED) is 0.708. The first-order valence-corrected chi connectivity index (χ1v) is 4.25. The lowest BCUT2D eigenvalue weighted by Gasteiger charge is -2.03. The van der Waals surface area contributed by atoms with E-state index in [4.69, 9.17) is 5.73 Å². The van der Waals surface area contributed by atoms with Gasteiger partial charge in [0.1, 0.15) is 6.54 Å². The fourth-order valence-electron chi connectivity index (χ4n) is 1.17. The molecule has 0 radical (unpaired) electrons. The van der Waals surface area contributed by atoms with Crippen LogP contribution in [-0.2, 0) is 11.3 Å². The maximum Gasteiger partial charge on any atom is 0.237 e. The summed E-state index contributed by atoms with van der Waals surface area (Å²) >= 11 is 0. The molecule has 0 spiro atoms. The van der Waals surface area contributed by atoms with E-state index in [1.165, 1.54) is 0 Å². The number of nitrogens with zero attached hydrogens (tertiary/aromatic N) is 1. The van der Waals surface area contributed by atoms with Gasteiger partial charge in [0.25, 0.3) is 0 Å². The van der Waals surface area contributed by atoms with E-state index in [1.807, 2.05) is 6.92 Å². The Kier molecular flexibility index (Phi) is 3.08. The Morgan fingerprint density at radius 2 is 2.46 bits per heavy atom. The fraction of sp³-hybridized carbons (Fsp3) is 0.444. The minimum absolute atomic E-state index is 0.163. The first kappa shape index (κ1) is 9.80. The molecule has 1 unspecified atom stereocenters. The van der Waals surface area contributed by atoms with E-state index in [-0.39, 0.29) is 12.5 Å². The van der Waals surface area contributed by atoms with Crippen molar-refractivity contribution in [3.63, 3.8) is 0 Å². The van der Waals surface area contributed by atoms with Crippen LogP contribution in [0.4, 0.5) is 0 Å². The molecular weight excluding hydrogens is 168 g/mol. The molecule has 0 bridgehead atoms. The van der Waals surface area contributed by atoms with E-state index in [0.29, 0.717) is 6.42 Å². The number of rotatable bonds is 4. The molecule has 0 aliphatic carbocycles. The molecule has 4 heteroatoms. The summed E-state index contributed by atoms with van der Waals surface area (Å²) in [6.07, 6.45) is 3.69. The van der Waals surface area contributed by atoms with E-state index in [9.17, 15) is 9.90 Å². The van der Waals surface area contributed by atoms with Crippen molar-refractivity contribution in [3.8, 4) is 0 Å². The molecule has 13 heavy (non-hydrogen) atoms. The molecule has 1 rings (SSSR count). The topological polar surface area (TPSA) is 68.2 Å². The summed E-state index contributed by atoms with van der Waals surface area (Å²) in [5.41, 5.74) is 5.84. The normalized spacial score (nSPS) is 12.8. The molecule has 1 heterocycles. The molecule has 0 saturated carbocycles. The van der Waals surface area contributed by atoms with Crippen molar-refractivity contribution in [2.45, 2.75) is 26.0 Å². The molecule has 0 fully saturated rings. The third-order valence-corrected chi connectivity index (χ3v) is 1.88. The number of hydrogen-bond acceptors (Lipinski definition) is 2. The van der Waals surface area contributed by atoms with Gasteiger partial charge in [-0.2, -0.15) is 0 Å². The standard InChI is InChI=1S/C9H14N2O2/c1-2-8(12)7-3-4-11(5-7)6-9(10)13/h3-5,8,12H,2,6H2,1H3,(H2,10,13). The third-order valence-electron chi connectivity index (χ3n) is 1.88. The average Bonchev–Trinajstić information content (AvgIpc) is 2.50. The molecule has 0 aliphatic heterocycles. The molecule has 0 saturated heterocycles. The molecular formula is C9H14N2O2. The number of hydrogen-bond donors (Lipinski definition) is 2. The fourth-order valence-corrected chi connectivity index (χ4v) is 1.17. The van der Waals surface area contributed by atoms with Crippen molar-refractivity contribution in [2.75, 3.05) is 0 Å². The smallest absolute Gasteiger partial charge is 0.237 e. The van der Waals surface area contributed by atoms with Crippen molar-refractivity contribution in [2.24, 2.45) is 5.73 Å². The minimum Gasteiger partial charge on any atom is -0.388 e. The highest BCUT2D eigenvalue weighted by atomic mass is 16.3. The van der Waals surface area contributed by atoms with Gasteiger partial charge in [0.15, 0.2) is 0 Å². The van der Waals surface area contributed by atoms with Crippen LogP contribution in [0.25, 0.3) is 0 Å². The Labute approximate surface area is 77.0 Å². The molecule has 0 aromatic carbocycles. The Balaban J connectivity index is 2.68. The van der Waals surface area contributed by atoms with E-state index >= 15 is 0 Å². The van der Waals surface area contributed by atoms with Crippen molar-refractivity contribution < 1.29 is 9.90 Å². The van der Waals surface area contributed by atoms with Gasteiger partial charge in [0, 0.05) is 12.4 Å². The van der Waals surface area contributed by atoms with Crippen LogP contribution in [-0.4, -0.2) is 15.6 Å². The van der Waals surface area contributed by atoms with Gasteiger partial charge in [-0.3, -0.25) is 4.79 Å². The summed E-state index contributed by atoms with van der Waals surface area (Å²) < 4.78 is 1.66. The second kappa shape index (κ2) is 4.09. The molecule has 72 valence electrons. The summed E-state index contributed by atoms with van der Waals surface area (Å²) in [6, 6.07) is 1.79. The number of carbonyl (C=O) groups is 1. The van der Waals surface area contributed by atoms with Crippen LogP contribution in [0, 0.1) is 0 Å². The Hall–Kier alpha value is -1.29. The maximum absolute atomic E-state index is 10.6. The summed E-state index contributed by atoms with van der Waals surface area (Å²) in [5.74, 6) is -0.381. The highest BCUT2D eigenvalue weighted by Crippen LogP contribution is 2.15. The van der Waals surface area contributed by atoms with Crippen LogP contribution in [0.5, 0.6) is 0 Å². The van der Waals surface area contributed by atoms with Crippen LogP contribution in [0.3, 0.4) is 0 Å². The van der Waals surface area contributed by atoms with Gasteiger partial charge in [-0.15, -0.1) is 0 Å². The van der Waals surface area contributed by atoms with Gasteiger partial charge in [-0.25, -0.2) is 0 Å². The lowest BCUT2D eigenvalue weighted by molar-refractivity contribution is -0.118. The highest BCUT2D eigenvalue weighted by molar-refractivity contribution is 5.73. The number of primary amides is 1. The zero-order valence-electron chi connectivity index (χ0n) is 7.60. The van der Waals surface area contributed by atoms with Crippen LogP contribution in [0.15, 0.2) is 18.5 Å². The zero-order chi connectivity index (χ0) is 9.84. The predicted octanol–water partition coefficient (Wildman–Crippen LogP) is 0.417. The number of nitrogens with two attached hydrogens (primary N) is 1. The monoisotopic (exact) mass is 182 g/mol. The van der Waals surface area contributed by atoms with Crippen LogP contribution < -0.4 is 5.73 Å². The van der Waals surface area contributed by atoms with Crippen LogP contribution in [0.2, 0.25) is 0 Å². The average molecular weight is 182 g/mol. The van der Waals surface area contributed by atoms with Crippen molar-refractivity contribution in [1.29, 1.82) is 0 Å². The third kappa shape index (κ3) is 2.59. The Morgan fingerprint density at radius 1 is 1.77 bits per heavy atom. The van der Waals surface area contributed by atoms with Crippen molar-refractivity contribution in [1.82, 2.24) is 4.57 Å². The highest BCUT2D eigenvalue weighted by Gasteiger charge is 2.06. The second-order valence-electron chi connectivity index (χ2n) is 3.01. The molecule has 1 amide bonds. The first-order chi connectivity index (χ1) is 6.13. The molecule has 1 aromatic rings. The second-order valence-corrected chi connectivity index (χ2v) is 3.01. The number of aliphatic hydroxyl groups excluding tert-OH is 1. The maximum atomic E-state index is 10.6. The first-order valence-electron chi connectivity index (χ1n) is 4.25. The van der Waals surface area contributed by atoms with Crippen molar-refractivity contribution in [3.05, 3.63) is 24.0 Å². The van der Waals surface area contributed by atoms with Gasteiger partial charge in [0.2, 0.25) is 5.91 Å². The molecule has 0 aliphatic rings. The number of aromatic nitrogens is 1. The van der Waals surface area contributed by atoms with Crippen molar-refractivity contribution >= 4 is 5.91 Å². The lowest BCUT2D eigenvalue weighted by Crippen LogP contribution is -2.17. The summed E-state index contributed by atoms with van der Waals surface area (Å²) in [6.45, 7) is 2.06. The van der Waals surface area contributed by atoms with E-state index in [0.717, 1.165) is 5.56 Å². The Morgan fingerprint density at radius 3 is 3.00 bits per heavy atom. The van der Waals surface area contributed by atoms with Crippen LogP contribution in [0.1, 0.15) is 25.0 Å². The minimum atomic E-state index is -0.450. The summed E-state index contributed by atoms with van der Waals surface area (Å²) in [4.78, 5) is 10.6. The van der Waals surface area contributed by atoms with Gasteiger partial charge >= 0.3 is 0 Å². The number of aliphatic hydroxyl groups is 1. The largest absolute Gasteiger partial charge is 0.388 e. The number of amides is 1. The van der Waals surface area contributed by atoms with E-state index < -0.39 is 6.10 Å². The molecule has 3 N–H and O–H groups in total. The molecule has 4 nitrogen and oxygen atoms in total. The van der Waals surface area contributed by atoms with Gasteiger partial charge < -0.3 is 15.4 Å². The predicted molar refractivity (Wildman–Crippen MR) is 48.9 cm³/mol. The lowest BCUT2D eigenvalue weighted by atomic mass is 10.1. The van der Waals surface area contributed by atoms with Gasteiger partial charge in [-0.05, 0) is 18.1 Å². The summed E-state index contributed by atoms with van der Waals surface area (Å²) in [7, 11) is 0. The molecule has 1 aromatic heterocycles. The summed E-state index contributed by atoms with van der Waals surface area (Å²) in [5, 5.41) is 9.45. The van der Waals surface area contributed by atoms with Gasteiger partial charge in [-0.1, -0.05) is 6.92 Å². The van der Waals surface area contributed by atoms with E-state index in [2.05, 4.69) is 0 Å². The van der Waals surface area contributed by atoms with E-state index in [1.54, 1.807) is 23.0 Å². The Bertz CT molecular complexity index is 294. The number of carbonyl (C=O) groups excluding carboxylic acids is 1. The van der Waals surface area contributed by atoms with Gasteiger partial charge in [0.05, 0.1) is 6.10 Å².